The number of hydrogen-bond acceptors (Lipinski definition) is 13. The Hall–Kier alpha value is -3.95. The molecule has 2 aromatic carbocycles. The topological polar surface area (TPSA) is 220 Å². The number of carbonyl (C=O) groups excluding carboxylic acids is 1. The molecule has 3 aromatic rings. The first-order valence-electron chi connectivity index (χ1n) is 13.6. The Balaban J connectivity index is 1.39. The van der Waals surface area contributed by atoms with Gasteiger partial charge in [0.2, 0.25) is 17.8 Å². The van der Waals surface area contributed by atoms with Crippen molar-refractivity contribution in [3.05, 3.63) is 47.0 Å². The fourth-order valence-electron chi connectivity index (χ4n) is 5.26. The molecule has 2 aliphatic heterocycles. The largest absolute Gasteiger partial charge is 0.504 e. The van der Waals surface area contributed by atoms with Crippen molar-refractivity contribution in [1.29, 1.82) is 0 Å². The van der Waals surface area contributed by atoms with Crippen molar-refractivity contribution in [3.63, 3.8) is 0 Å². The van der Waals surface area contributed by atoms with Gasteiger partial charge in [-0.1, -0.05) is 17.7 Å². The van der Waals surface area contributed by atoms with E-state index in [-0.39, 0.29) is 52.2 Å². The predicted molar refractivity (Wildman–Crippen MR) is 163 cm³/mol. The number of phenolic OH excluding ortho intramolecular Hbond substituents is 1. The van der Waals surface area contributed by atoms with Crippen LogP contribution in [0.25, 0.3) is 0 Å². The van der Waals surface area contributed by atoms with Gasteiger partial charge in [0.15, 0.2) is 11.5 Å². The highest BCUT2D eigenvalue weighted by atomic mass is 35.5. The van der Waals surface area contributed by atoms with Gasteiger partial charge in [0.1, 0.15) is 0 Å². The number of hydrogen-bond donors (Lipinski definition) is 7. The van der Waals surface area contributed by atoms with E-state index in [4.69, 9.17) is 44.3 Å². The van der Waals surface area contributed by atoms with Gasteiger partial charge in [0.25, 0.3) is 5.91 Å². The summed E-state index contributed by atoms with van der Waals surface area (Å²) in [6.07, 6.45) is 1.43. The molecule has 14 nitrogen and oxygen atoms in total. The lowest BCUT2D eigenvalue weighted by molar-refractivity contribution is 0.102. The average Bonchev–Trinajstić information content (AvgIpc) is 2.93. The zero-order valence-electron chi connectivity index (χ0n) is 23.2. The minimum absolute atomic E-state index is 0.0483. The Morgan fingerprint density at radius 2 is 1.50 bits per heavy atom. The van der Waals surface area contributed by atoms with E-state index >= 15 is 0 Å². The molecule has 2 aliphatic rings. The third kappa shape index (κ3) is 6.74. The molecule has 0 aliphatic carbocycles. The molecule has 42 heavy (non-hydrogen) atoms. The molecule has 0 bridgehead atoms. The van der Waals surface area contributed by atoms with Crippen LogP contribution >= 0.6 is 11.6 Å². The first-order chi connectivity index (χ1) is 20.1. The maximum absolute atomic E-state index is 12.8. The van der Waals surface area contributed by atoms with Crippen molar-refractivity contribution in [3.8, 4) is 11.5 Å². The van der Waals surface area contributed by atoms with Crippen LogP contribution in [0.4, 0.5) is 29.2 Å². The zero-order chi connectivity index (χ0) is 30.0. The number of halogens is 1. The number of para-hydroxylation sites is 1. The number of nitrogens with zero attached hydrogens (tertiary/aromatic N) is 5. The summed E-state index contributed by atoms with van der Waals surface area (Å²) in [5.74, 6) is 0.537. The standard InChI is InChI=1S/C27H36ClN11O3/c1-42-22-4-2-3-19(23(22)40)24(41)34-21-6-5-18(9-20(21)28)33-25-35-26(38-10-14(29)7-15(30)11-38)37-27(36-25)39-12-16(31)8-17(32)13-39/h2-6,9,14-17,40H,7-8,10-13,29-32H2,1H3,(H,34,41)(H,33,35,36,37). The van der Waals surface area contributed by atoms with Crippen molar-refractivity contribution in [2.24, 2.45) is 22.9 Å². The quantitative estimate of drug-likeness (QED) is 0.202. The maximum atomic E-state index is 12.8. The van der Waals surface area contributed by atoms with Crippen molar-refractivity contribution in [1.82, 2.24) is 15.0 Å². The molecule has 0 spiro atoms. The van der Waals surface area contributed by atoms with Crippen LogP contribution in [0.5, 0.6) is 11.5 Å². The summed E-state index contributed by atoms with van der Waals surface area (Å²) in [4.78, 5) is 30.8. The van der Waals surface area contributed by atoms with Crippen LogP contribution in [-0.4, -0.2) is 83.4 Å². The number of nitrogens with two attached hydrogens (primary N) is 4. The second-order valence-electron chi connectivity index (χ2n) is 10.7. The molecule has 1 aromatic heterocycles. The molecule has 2 fully saturated rings. The second-order valence-corrected chi connectivity index (χ2v) is 11.1. The lowest BCUT2D eigenvalue weighted by atomic mass is 10.0. The van der Waals surface area contributed by atoms with Crippen LogP contribution in [0.2, 0.25) is 5.02 Å². The summed E-state index contributed by atoms with van der Waals surface area (Å²) in [5.41, 5.74) is 25.9. The number of phenols is 1. The molecular formula is C27H36ClN11O3. The minimum Gasteiger partial charge on any atom is -0.504 e. The van der Waals surface area contributed by atoms with Gasteiger partial charge in [0.05, 0.1) is 23.4 Å². The number of aromatic nitrogens is 3. The van der Waals surface area contributed by atoms with Gasteiger partial charge >= 0.3 is 0 Å². The molecule has 15 heteroatoms. The number of nitrogens with one attached hydrogen (secondary N) is 2. The maximum Gasteiger partial charge on any atom is 0.259 e. The normalized spacial score (nSPS) is 22.5. The fraction of sp³-hybridized carbons (Fsp3) is 0.407. The Labute approximate surface area is 248 Å². The molecule has 3 heterocycles. The van der Waals surface area contributed by atoms with Crippen LogP contribution in [0.3, 0.4) is 0 Å². The molecule has 4 atom stereocenters. The monoisotopic (exact) mass is 597 g/mol. The smallest absolute Gasteiger partial charge is 0.259 e. The van der Waals surface area contributed by atoms with Gasteiger partial charge in [-0.15, -0.1) is 0 Å². The SMILES string of the molecule is COc1cccc(C(=O)Nc2ccc(Nc3nc(N4CC(N)CC(N)C4)nc(N4CC(N)CC(N)C4)n3)cc2Cl)c1O. The number of carbonyl (C=O) groups is 1. The van der Waals surface area contributed by atoms with E-state index < -0.39 is 5.91 Å². The van der Waals surface area contributed by atoms with Crippen molar-refractivity contribution >= 4 is 46.7 Å². The summed E-state index contributed by atoms with van der Waals surface area (Å²) in [6, 6.07) is 9.19. The number of aromatic hydroxyl groups is 1. The van der Waals surface area contributed by atoms with Crippen LogP contribution in [0.15, 0.2) is 36.4 Å². The number of ether oxygens (including phenoxy) is 1. The van der Waals surface area contributed by atoms with Gasteiger partial charge < -0.3 is 53.2 Å². The van der Waals surface area contributed by atoms with E-state index in [1.807, 2.05) is 9.80 Å². The molecule has 4 unspecified atom stereocenters. The van der Waals surface area contributed by atoms with E-state index in [9.17, 15) is 9.90 Å². The number of anilines is 5. The molecular weight excluding hydrogens is 562 g/mol. The van der Waals surface area contributed by atoms with Gasteiger partial charge in [-0.3, -0.25) is 4.79 Å². The Bertz CT molecular complexity index is 1380. The van der Waals surface area contributed by atoms with E-state index in [0.717, 1.165) is 0 Å². The van der Waals surface area contributed by atoms with Gasteiger partial charge in [-0.2, -0.15) is 15.0 Å². The summed E-state index contributed by atoms with van der Waals surface area (Å²) < 4.78 is 5.09. The molecule has 224 valence electrons. The molecule has 2 saturated heterocycles. The Kier molecular flexibility index (Phi) is 8.80. The number of amides is 1. The fourth-order valence-corrected chi connectivity index (χ4v) is 5.49. The van der Waals surface area contributed by atoms with Gasteiger partial charge in [0, 0.05) is 56.0 Å². The number of benzene rings is 2. The lowest BCUT2D eigenvalue weighted by Crippen LogP contribution is -2.54. The highest BCUT2D eigenvalue weighted by Gasteiger charge is 2.29. The van der Waals surface area contributed by atoms with Gasteiger partial charge in [-0.25, -0.2) is 0 Å². The first kappa shape index (κ1) is 29.5. The number of methoxy groups -OCH3 is 1. The highest BCUT2D eigenvalue weighted by Crippen LogP contribution is 2.32. The van der Waals surface area contributed by atoms with E-state index in [0.29, 0.717) is 62.3 Å². The molecule has 1 amide bonds. The summed E-state index contributed by atoms with van der Waals surface area (Å²) >= 11 is 6.53. The first-order valence-corrected chi connectivity index (χ1v) is 14.0. The molecule has 0 radical (unpaired) electrons. The minimum atomic E-state index is -0.545. The van der Waals surface area contributed by atoms with Gasteiger partial charge in [-0.05, 0) is 43.2 Å². The highest BCUT2D eigenvalue weighted by molar-refractivity contribution is 6.34. The zero-order valence-corrected chi connectivity index (χ0v) is 24.0. The summed E-state index contributed by atoms with van der Waals surface area (Å²) in [6.45, 7) is 2.22. The second kappa shape index (κ2) is 12.5. The van der Waals surface area contributed by atoms with Crippen LogP contribution in [-0.2, 0) is 0 Å². The van der Waals surface area contributed by atoms with Crippen molar-refractivity contribution in [2.75, 3.05) is 53.7 Å². The van der Waals surface area contributed by atoms with E-state index in [1.165, 1.54) is 13.2 Å². The molecule has 5 rings (SSSR count). The average molecular weight is 598 g/mol. The summed E-state index contributed by atoms with van der Waals surface area (Å²) in [5, 5.41) is 16.5. The Morgan fingerprint density at radius 1 is 0.929 bits per heavy atom. The Morgan fingerprint density at radius 3 is 2.02 bits per heavy atom. The number of piperidine rings is 2. The van der Waals surface area contributed by atoms with Crippen LogP contribution < -0.4 is 48.1 Å². The molecule has 11 N–H and O–H groups in total. The third-order valence-electron chi connectivity index (χ3n) is 7.15. The van der Waals surface area contributed by atoms with Crippen molar-refractivity contribution in [2.45, 2.75) is 37.0 Å². The van der Waals surface area contributed by atoms with E-state index in [2.05, 4.69) is 20.6 Å². The van der Waals surface area contributed by atoms with Crippen molar-refractivity contribution < 1.29 is 14.6 Å². The predicted octanol–water partition coefficient (Wildman–Crippen LogP) is 0.965. The van der Waals surface area contributed by atoms with E-state index in [1.54, 1.807) is 30.3 Å². The van der Waals surface area contributed by atoms with Crippen LogP contribution in [0.1, 0.15) is 23.2 Å². The lowest BCUT2D eigenvalue weighted by Gasteiger charge is -2.37. The molecule has 0 saturated carbocycles. The number of rotatable bonds is 7. The third-order valence-corrected chi connectivity index (χ3v) is 7.46. The van der Waals surface area contributed by atoms with Crippen LogP contribution in [0, 0.1) is 0 Å². The summed E-state index contributed by atoms with van der Waals surface area (Å²) in [7, 11) is 1.41.